The summed E-state index contributed by atoms with van der Waals surface area (Å²) in [5.41, 5.74) is 4.01. The Kier molecular flexibility index (Phi) is 6.10. The van der Waals surface area contributed by atoms with Gasteiger partial charge in [-0.2, -0.15) is 5.26 Å². The Morgan fingerprint density at radius 3 is 2.87 bits per heavy atom. The first kappa shape index (κ1) is 21.1. The number of Topliss-reactive ketones (excluding diaryl/α,β-unsaturated/α-hetero) is 1. The Morgan fingerprint density at radius 1 is 1.29 bits per heavy atom. The molecule has 0 saturated heterocycles. The number of nitrogens with one attached hydrogen (secondary N) is 1. The van der Waals surface area contributed by atoms with Crippen LogP contribution in [0.5, 0.6) is 0 Å². The number of anilines is 1. The first-order valence-electron chi connectivity index (χ1n) is 10.3. The van der Waals surface area contributed by atoms with E-state index in [1.54, 1.807) is 18.4 Å². The molecule has 0 bridgehead atoms. The summed E-state index contributed by atoms with van der Waals surface area (Å²) in [6, 6.07) is 11.7. The highest BCUT2D eigenvalue weighted by atomic mass is 32.2. The summed E-state index contributed by atoms with van der Waals surface area (Å²) in [6.45, 7) is 3.92. The molecule has 1 aliphatic heterocycles. The van der Waals surface area contributed by atoms with Gasteiger partial charge in [-0.15, -0.1) is 0 Å². The number of aliphatic imine (C=N–C) groups is 1. The van der Waals surface area contributed by atoms with Gasteiger partial charge in [0, 0.05) is 17.8 Å². The number of ketones is 1. The van der Waals surface area contributed by atoms with E-state index in [0.717, 1.165) is 28.9 Å². The molecule has 2 aromatic rings. The first-order chi connectivity index (χ1) is 15.0. The van der Waals surface area contributed by atoms with E-state index in [-0.39, 0.29) is 17.4 Å². The Morgan fingerprint density at radius 2 is 2.13 bits per heavy atom. The fourth-order valence-corrected chi connectivity index (χ4v) is 4.98. The number of fused-ring (bicyclic) bond motifs is 1. The second kappa shape index (κ2) is 8.94. The zero-order chi connectivity index (χ0) is 22.0. The van der Waals surface area contributed by atoms with Gasteiger partial charge in [0.1, 0.15) is 16.6 Å². The molecule has 6 nitrogen and oxygen atoms in total. The van der Waals surface area contributed by atoms with Crippen molar-refractivity contribution in [1.82, 2.24) is 0 Å². The van der Waals surface area contributed by atoms with E-state index in [1.807, 2.05) is 32.0 Å². The van der Waals surface area contributed by atoms with E-state index >= 15 is 0 Å². The number of benzene rings is 1. The van der Waals surface area contributed by atoms with Crippen molar-refractivity contribution in [2.75, 3.05) is 11.1 Å². The summed E-state index contributed by atoms with van der Waals surface area (Å²) in [7, 11) is 0. The number of aryl methyl sites for hydroxylation is 2. The summed E-state index contributed by atoms with van der Waals surface area (Å²) in [6.07, 6.45) is 3.50. The number of furan rings is 1. The molecule has 1 aliphatic carbocycles. The number of thioether (sulfide) groups is 1. The van der Waals surface area contributed by atoms with Crippen molar-refractivity contribution < 1.29 is 14.0 Å². The lowest BCUT2D eigenvalue weighted by molar-refractivity contribution is -0.122. The van der Waals surface area contributed by atoms with E-state index in [2.05, 4.69) is 16.4 Å². The molecule has 1 aromatic carbocycles. The lowest BCUT2D eigenvalue weighted by Crippen LogP contribution is -2.37. The topological polar surface area (TPSA) is 95.5 Å². The molecule has 158 valence electrons. The minimum absolute atomic E-state index is 0.0934. The van der Waals surface area contributed by atoms with E-state index in [9.17, 15) is 14.9 Å². The maximum absolute atomic E-state index is 12.7. The summed E-state index contributed by atoms with van der Waals surface area (Å²) in [5.74, 6) is -0.306. The highest BCUT2D eigenvalue weighted by Crippen LogP contribution is 2.45. The van der Waals surface area contributed by atoms with Crippen molar-refractivity contribution in [3.05, 3.63) is 64.1 Å². The van der Waals surface area contributed by atoms with Crippen molar-refractivity contribution in [3.8, 4) is 6.07 Å². The number of rotatable bonds is 5. The maximum atomic E-state index is 12.7. The van der Waals surface area contributed by atoms with Crippen LogP contribution >= 0.6 is 11.8 Å². The van der Waals surface area contributed by atoms with Gasteiger partial charge in [0.25, 0.3) is 0 Å². The number of hydrogen-bond donors (Lipinski definition) is 1. The van der Waals surface area contributed by atoms with Crippen LogP contribution in [0.15, 0.2) is 56.6 Å². The molecule has 0 spiro atoms. The van der Waals surface area contributed by atoms with Crippen molar-refractivity contribution in [2.24, 2.45) is 10.9 Å². The molecule has 2 heterocycles. The Hall–Kier alpha value is -3.11. The van der Waals surface area contributed by atoms with Gasteiger partial charge in [0.15, 0.2) is 0 Å². The number of nitrogens with zero attached hydrogens (tertiary/aromatic N) is 2. The third kappa shape index (κ3) is 4.35. The average molecular weight is 434 g/mol. The van der Waals surface area contributed by atoms with Crippen LogP contribution in [0, 0.1) is 31.1 Å². The molecule has 1 saturated carbocycles. The number of nitriles is 1. The van der Waals surface area contributed by atoms with Gasteiger partial charge in [-0.1, -0.05) is 23.9 Å². The second-order valence-corrected chi connectivity index (χ2v) is 8.84. The summed E-state index contributed by atoms with van der Waals surface area (Å²) in [5, 5.41) is 13.4. The predicted octanol–water partition coefficient (Wildman–Crippen LogP) is 4.91. The van der Waals surface area contributed by atoms with E-state index in [4.69, 9.17) is 4.42 Å². The van der Waals surface area contributed by atoms with Crippen LogP contribution in [0.3, 0.4) is 0 Å². The van der Waals surface area contributed by atoms with Gasteiger partial charge >= 0.3 is 0 Å². The summed E-state index contributed by atoms with van der Waals surface area (Å²) < 4.78 is 5.60. The minimum atomic E-state index is -0.482. The van der Waals surface area contributed by atoms with Gasteiger partial charge in [-0.05, 0) is 56.0 Å². The SMILES string of the molecule is Cc1ccc(C)c(NC(=O)CSC2=C(C#N)[C@@H](c3ccco3)[C@H]3C(=O)CCCC3=N2)c1. The number of hydrogen-bond acceptors (Lipinski definition) is 6. The highest BCUT2D eigenvalue weighted by molar-refractivity contribution is 8.03. The monoisotopic (exact) mass is 433 g/mol. The number of amides is 1. The molecule has 31 heavy (non-hydrogen) atoms. The third-order valence-corrected chi connectivity index (χ3v) is 6.65. The quantitative estimate of drug-likeness (QED) is 0.723. The molecule has 2 aliphatic rings. The van der Waals surface area contributed by atoms with Crippen LogP contribution in [-0.4, -0.2) is 23.2 Å². The number of carbonyl (C=O) groups is 2. The summed E-state index contributed by atoms with van der Waals surface area (Å²) in [4.78, 5) is 30.0. The molecule has 7 heteroatoms. The minimum Gasteiger partial charge on any atom is -0.469 e. The predicted molar refractivity (Wildman–Crippen MR) is 121 cm³/mol. The molecule has 1 fully saturated rings. The lowest BCUT2D eigenvalue weighted by Gasteiger charge is -2.33. The van der Waals surface area contributed by atoms with Crippen molar-refractivity contribution >= 4 is 34.9 Å². The van der Waals surface area contributed by atoms with E-state index in [0.29, 0.717) is 29.2 Å². The number of allylic oxidation sites excluding steroid dienone is 1. The zero-order valence-electron chi connectivity index (χ0n) is 17.5. The van der Waals surface area contributed by atoms with Crippen LogP contribution in [0.2, 0.25) is 0 Å². The molecule has 1 aromatic heterocycles. The molecule has 0 radical (unpaired) electrons. The van der Waals surface area contributed by atoms with Crippen molar-refractivity contribution in [2.45, 2.75) is 39.0 Å². The number of carbonyl (C=O) groups excluding carboxylic acids is 2. The van der Waals surface area contributed by atoms with Gasteiger partial charge < -0.3 is 9.73 Å². The molecular formula is C24H23N3O3S. The summed E-state index contributed by atoms with van der Waals surface area (Å²) >= 11 is 1.23. The van der Waals surface area contributed by atoms with E-state index in [1.165, 1.54) is 11.8 Å². The van der Waals surface area contributed by atoms with Gasteiger partial charge in [0.05, 0.1) is 35.5 Å². The molecule has 1 N–H and O–H groups in total. The molecule has 2 atom stereocenters. The van der Waals surface area contributed by atoms with Gasteiger partial charge in [-0.25, -0.2) is 4.99 Å². The smallest absolute Gasteiger partial charge is 0.234 e. The van der Waals surface area contributed by atoms with Crippen LogP contribution in [0.4, 0.5) is 5.69 Å². The lowest BCUT2D eigenvalue weighted by atomic mass is 9.72. The first-order valence-corrected chi connectivity index (χ1v) is 11.2. The largest absolute Gasteiger partial charge is 0.469 e. The third-order valence-electron chi connectivity index (χ3n) is 5.66. The Labute approximate surface area is 185 Å². The van der Waals surface area contributed by atoms with Crippen LogP contribution in [-0.2, 0) is 9.59 Å². The maximum Gasteiger partial charge on any atom is 0.234 e. The average Bonchev–Trinajstić information content (AvgIpc) is 3.28. The van der Waals surface area contributed by atoms with Crippen molar-refractivity contribution in [3.63, 3.8) is 0 Å². The Bertz CT molecular complexity index is 1130. The Balaban J connectivity index is 1.58. The van der Waals surface area contributed by atoms with E-state index < -0.39 is 11.8 Å². The second-order valence-electron chi connectivity index (χ2n) is 7.88. The van der Waals surface area contributed by atoms with Crippen molar-refractivity contribution in [1.29, 1.82) is 5.26 Å². The van der Waals surface area contributed by atoms with Gasteiger partial charge in [-0.3, -0.25) is 9.59 Å². The molecular weight excluding hydrogens is 410 g/mol. The zero-order valence-corrected chi connectivity index (χ0v) is 18.3. The van der Waals surface area contributed by atoms with Crippen LogP contribution < -0.4 is 5.32 Å². The van der Waals surface area contributed by atoms with Crippen LogP contribution in [0.1, 0.15) is 42.1 Å². The van der Waals surface area contributed by atoms with Crippen LogP contribution in [0.25, 0.3) is 0 Å². The fraction of sp³-hybridized carbons (Fsp3) is 0.333. The molecule has 1 amide bonds. The normalized spacial score (nSPS) is 20.7. The fourth-order valence-electron chi connectivity index (χ4n) is 4.13. The highest BCUT2D eigenvalue weighted by Gasteiger charge is 2.43. The standard InChI is InChI=1S/C24H23N3O3S/c1-14-8-9-15(2)18(11-14)26-21(29)13-31-24-16(12-25)22(20-7-4-10-30-20)23-17(27-24)5-3-6-19(23)28/h4,7-11,22-23H,3,5-6,13H2,1-2H3,(H,26,29)/t22-,23+/m0/s1. The van der Waals surface area contributed by atoms with Gasteiger partial charge in [0.2, 0.25) is 5.91 Å². The molecule has 0 unspecified atom stereocenters. The molecule has 4 rings (SSSR count).